The number of dihydropyridines is 1. The largest absolute Gasteiger partial charge is 0.368 e. The van der Waals surface area contributed by atoms with E-state index in [1.807, 2.05) is 4.90 Å². The molecule has 5 aliphatic rings. The van der Waals surface area contributed by atoms with Crippen LogP contribution in [0, 0.1) is 11.3 Å². The maximum atomic E-state index is 13.3. The summed E-state index contributed by atoms with van der Waals surface area (Å²) in [7, 11) is 0. The molecule has 2 amide bonds. The van der Waals surface area contributed by atoms with Crippen LogP contribution in [0.1, 0.15) is 69.1 Å². The van der Waals surface area contributed by atoms with E-state index in [1.165, 1.54) is 24.0 Å². The highest BCUT2D eigenvalue weighted by atomic mass is 16.2. The Morgan fingerprint density at radius 2 is 1.86 bits per heavy atom. The predicted octanol–water partition coefficient (Wildman–Crippen LogP) is 4.28. The third-order valence-electron chi connectivity index (χ3n) is 8.70. The van der Waals surface area contributed by atoms with Crippen LogP contribution in [0.5, 0.6) is 0 Å². The molecule has 1 aromatic carbocycles. The van der Waals surface area contributed by atoms with Crippen molar-refractivity contribution < 1.29 is 9.59 Å². The molecule has 36 heavy (non-hydrogen) atoms. The molecule has 3 heterocycles. The molecule has 1 atom stereocenters. The Balaban J connectivity index is 1.21. The lowest BCUT2D eigenvalue weighted by Crippen LogP contribution is -2.46. The van der Waals surface area contributed by atoms with Gasteiger partial charge in [0.15, 0.2) is 0 Å². The van der Waals surface area contributed by atoms with Crippen molar-refractivity contribution in [2.75, 3.05) is 13.1 Å². The minimum atomic E-state index is -0.498. The summed E-state index contributed by atoms with van der Waals surface area (Å²) in [6, 6.07) is 6.52. The Morgan fingerprint density at radius 1 is 1.08 bits per heavy atom. The van der Waals surface area contributed by atoms with Gasteiger partial charge in [-0.05, 0) is 55.2 Å². The number of carbonyl (C=O) groups is 2. The van der Waals surface area contributed by atoms with Gasteiger partial charge in [0.2, 0.25) is 5.91 Å². The first-order valence-electron chi connectivity index (χ1n) is 13.6. The van der Waals surface area contributed by atoms with E-state index in [4.69, 9.17) is 4.99 Å². The van der Waals surface area contributed by atoms with E-state index >= 15 is 0 Å². The van der Waals surface area contributed by atoms with Gasteiger partial charge >= 0.3 is 0 Å². The summed E-state index contributed by atoms with van der Waals surface area (Å²) in [4.78, 5) is 33.4. The first-order chi connectivity index (χ1) is 17.4. The van der Waals surface area contributed by atoms with Gasteiger partial charge in [-0.25, -0.2) is 0 Å². The van der Waals surface area contributed by atoms with Crippen LogP contribution >= 0.6 is 0 Å². The molecule has 6 heteroatoms. The topological polar surface area (TPSA) is 73.8 Å². The zero-order valence-electron chi connectivity index (χ0n) is 21.4. The molecule has 1 unspecified atom stereocenters. The van der Waals surface area contributed by atoms with Crippen LogP contribution in [0.15, 0.2) is 52.8 Å². The molecule has 2 N–H and O–H groups in total. The molecule has 188 valence electrons. The second kappa shape index (κ2) is 8.75. The minimum absolute atomic E-state index is 0.0991. The minimum Gasteiger partial charge on any atom is -0.368 e. The Morgan fingerprint density at radius 3 is 2.64 bits per heavy atom. The number of nitrogens with one attached hydrogen (secondary N) is 2. The second-order valence-electron chi connectivity index (χ2n) is 11.4. The number of allylic oxidation sites excluding steroid dienone is 1. The molecule has 6 nitrogen and oxygen atoms in total. The van der Waals surface area contributed by atoms with Gasteiger partial charge in [-0.3, -0.25) is 14.6 Å². The summed E-state index contributed by atoms with van der Waals surface area (Å²) in [5, 5.41) is 6.37. The number of hydrogen-bond donors (Lipinski definition) is 2. The summed E-state index contributed by atoms with van der Waals surface area (Å²) in [6.45, 7) is 5.47. The molecule has 0 bridgehead atoms. The molecule has 1 aromatic rings. The van der Waals surface area contributed by atoms with Gasteiger partial charge in [-0.1, -0.05) is 69.2 Å². The van der Waals surface area contributed by atoms with Crippen molar-refractivity contribution in [3.05, 3.63) is 64.5 Å². The van der Waals surface area contributed by atoms with Crippen molar-refractivity contribution in [1.82, 2.24) is 15.5 Å². The molecule has 2 aliphatic carbocycles. The molecular weight excluding hydrogens is 448 g/mol. The van der Waals surface area contributed by atoms with Crippen molar-refractivity contribution in [3.8, 4) is 0 Å². The lowest BCUT2D eigenvalue weighted by Gasteiger charge is -2.35. The second-order valence-corrected chi connectivity index (χ2v) is 11.4. The lowest BCUT2D eigenvalue weighted by molar-refractivity contribution is -0.128. The molecule has 0 radical (unpaired) electrons. The van der Waals surface area contributed by atoms with E-state index < -0.39 is 5.41 Å². The number of hydrogen-bond acceptors (Lipinski definition) is 4. The average Bonchev–Trinajstić information content (AvgIpc) is 3.38. The van der Waals surface area contributed by atoms with Gasteiger partial charge in [-0.2, -0.15) is 0 Å². The predicted molar refractivity (Wildman–Crippen MR) is 142 cm³/mol. The molecule has 2 spiro atoms. The van der Waals surface area contributed by atoms with Gasteiger partial charge in [0.1, 0.15) is 17.2 Å². The van der Waals surface area contributed by atoms with Gasteiger partial charge in [0.25, 0.3) is 5.91 Å². The highest BCUT2D eigenvalue weighted by Crippen LogP contribution is 2.47. The van der Waals surface area contributed by atoms with Crippen molar-refractivity contribution in [2.45, 2.75) is 70.9 Å². The van der Waals surface area contributed by atoms with Crippen LogP contribution in [-0.4, -0.2) is 41.2 Å². The van der Waals surface area contributed by atoms with Crippen LogP contribution in [0.2, 0.25) is 0 Å². The van der Waals surface area contributed by atoms with E-state index in [1.54, 1.807) is 0 Å². The number of rotatable bonds is 4. The van der Waals surface area contributed by atoms with Crippen LogP contribution in [0.3, 0.4) is 0 Å². The van der Waals surface area contributed by atoms with Crippen LogP contribution in [0.25, 0.3) is 6.08 Å². The lowest BCUT2D eigenvalue weighted by atomic mass is 9.78. The van der Waals surface area contributed by atoms with Crippen LogP contribution in [-0.2, 0) is 22.4 Å². The van der Waals surface area contributed by atoms with Crippen molar-refractivity contribution >= 4 is 23.6 Å². The number of carbonyl (C=O) groups excluding carboxylic acids is 2. The third kappa shape index (κ3) is 3.64. The summed E-state index contributed by atoms with van der Waals surface area (Å²) < 4.78 is 0. The molecule has 0 saturated heterocycles. The molecule has 1 fully saturated rings. The standard InChI is InChI=1S/C30H36N4O2/c1-20(2)25-27(35)34(30(33-25)13-5-3-4-6-14-30)16-8-9-21-11-12-22-18-29(19-23(22)17-21)24-10-7-15-31-26(24)32-28(29)36/h7-12,17,20,31H,3-6,13-16,18-19H2,1-2H3,(H,32,36)/b9-8+. The zero-order chi connectivity index (χ0) is 24.9. The van der Waals surface area contributed by atoms with Crippen molar-refractivity contribution in [3.63, 3.8) is 0 Å². The maximum absolute atomic E-state index is 13.3. The quantitative estimate of drug-likeness (QED) is 0.670. The first kappa shape index (κ1) is 23.3. The number of fused-ring (bicyclic) bond motifs is 2. The smallest absolute Gasteiger partial charge is 0.270 e. The van der Waals surface area contributed by atoms with E-state index in [-0.39, 0.29) is 23.4 Å². The highest BCUT2D eigenvalue weighted by molar-refractivity contribution is 6.41. The third-order valence-corrected chi connectivity index (χ3v) is 8.70. The van der Waals surface area contributed by atoms with Crippen molar-refractivity contribution in [1.29, 1.82) is 0 Å². The molecule has 0 aromatic heterocycles. The summed E-state index contributed by atoms with van der Waals surface area (Å²) in [6.07, 6.45) is 16.5. The van der Waals surface area contributed by atoms with Gasteiger partial charge < -0.3 is 15.5 Å². The Hall–Kier alpha value is -3.15. The molecule has 3 aliphatic heterocycles. The van der Waals surface area contributed by atoms with Gasteiger partial charge in [-0.15, -0.1) is 0 Å². The fourth-order valence-corrected chi connectivity index (χ4v) is 6.79. The van der Waals surface area contributed by atoms with E-state index in [0.717, 1.165) is 67.7 Å². The summed E-state index contributed by atoms with van der Waals surface area (Å²) in [5.74, 6) is 1.23. The summed E-state index contributed by atoms with van der Waals surface area (Å²) in [5.41, 5.74) is 4.58. The Kier molecular flexibility index (Phi) is 5.66. The maximum Gasteiger partial charge on any atom is 0.270 e. The first-order valence-corrected chi connectivity index (χ1v) is 13.6. The number of amides is 2. The van der Waals surface area contributed by atoms with Gasteiger partial charge in [0, 0.05) is 24.6 Å². The fourth-order valence-electron chi connectivity index (χ4n) is 6.79. The van der Waals surface area contributed by atoms with Crippen LogP contribution < -0.4 is 10.6 Å². The number of nitrogens with zero attached hydrogens (tertiary/aromatic N) is 2. The number of aliphatic imine (C=N–C) groups is 1. The molecule has 1 saturated carbocycles. The molecule has 6 rings (SSSR count). The molecular formula is C30H36N4O2. The average molecular weight is 485 g/mol. The van der Waals surface area contributed by atoms with E-state index in [0.29, 0.717) is 6.54 Å². The Bertz CT molecular complexity index is 1230. The SMILES string of the molecule is CC(C)C1=NC2(CCCCCC2)N(C/C=C/c2ccc3c(c2)CC2(C3)C(=O)NC3=C2C=CCN3)C1=O. The number of benzene rings is 1. The fraction of sp³-hybridized carbons (Fsp3) is 0.500. The summed E-state index contributed by atoms with van der Waals surface area (Å²) >= 11 is 0. The van der Waals surface area contributed by atoms with Crippen LogP contribution in [0.4, 0.5) is 0 Å². The monoisotopic (exact) mass is 484 g/mol. The zero-order valence-corrected chi connectivity index (χ0v) is 21.4. The van der Waals surface area contributed by atoms with E-state index in [2.05, 4.69) is 67.0 Å². The van der Waals surface area contributed by atoms with E-state index in [9.17, 15) is 9.59 Å². The Labute approximate surface area is 213 Å². The van der Waals surface area contributed by atoms with Crippen molar-refractivity contribution in [2.24, 2.45) is 16.3 Å². The highest BCUT2D eigenvalue weighted by Gasteiger charge is 2.51. The van der Waals surface area contributed by atoms with Gasteiger partial charge in [0.05, 0.1) is 5.41 Å². The normalized spacial score (nSPS) is 26.6.